The molecule has 0 bridgehead atoms. The maximum Gasteiger partial charge on any atom is 0.416 e. The van der Waals surface area contributed by atoms with Crippen molar-refractivity contribution in [3.63, 3.8) is 0 Å². The highest BCUT2D eigenvalue weighted by Gasteiger charge is 2.37. The van der Waals surface area contributed by atoms with Gasteiger partial charge in [-0.1, -0.05) is 6.07 Å². The Morgan fingerprint density at radius 2 is 1.55 bits per heavy atom. The van der Waals surface area contributed by atoms with Crippen LogP contribution in [0.25, 0.3) is 0 Å². The Bertz CT molecular complexity index is 839. The summed E-state index contributed by atoms with van der Waals surface area (Å²) in [5.74, 6) is -0.254. The molecule has 1 aliphatic rings. The molecule has 1 fully saturated rings. The Morgan fingerprint density at radius 3 is 2.03 bits per heavy atom. The number of carbonyl (C=O) groups is 1. The summed E-state index contributed by atoms with van der Waals surface area (Å²) in [7, 11) is 0. The molecule has 1 N–H and O–H groups in total. The Labute approximate surface area is 162 Å². The molecule has 29 heavy (non-hydrogen) atoms. The number of anilines is 1. The zero-order chi connectivity index (χ0) is 21.2. The monoisotopic (exact) mass is 417 g/mol. The van der Waals surface area contributed by atoms with Gasteiger partial charge >= 0.3 is 12.4 Å². The molecule has 156 valence electrons. The highest BCUT2D eigenvalue weighted by Crippen LogP contribution is 2.36. The van der Waals surface area contributed by atoms with Gasteiger partial charge in [-0.25, -0.2) is 4.98 Å². The number of alkyl halides is 6. The lowest BCUT2D eigenvalue weighted by Crippen LogP contribution is -2.24. The van der Waals surface area contributed by atoms with Crippen LogP contribution >= 0.6 is 0 Å². The lowest BCUT2D eigenvalue weighted by molar-refractivity contribution is -0.143. The van der Waals surface area contributed by atoms with Crippen LogP contribution in [0.5, 0.6) is 0 Å². The van der Waals surface area contributed by atoms with Gasteiger partial charge in [0.1, 0.15) is 5.82 Å². The number of nitrogens with zero attached hydrogens (tertiary/aromatic N) is 2. The van der Waals surface area contributed by atoms with Gasteiger partial charge in [-0.05, 0) is 42.7 Å². The van der Waals surface area contributed by atoms with Crippen molar-refractivity contribution in [1.82, 2.24) is 10.3 Å². The van der Waals surface area contributed by atoms with E-state index in [0.717, 1.165) is 31.7 Å². The van der Waals surface area contributed by atoms with E-state index in [0.29, 0.717) is 17.7 Å². The van der Waals surface area contributed by atoms with Gasteiger partial charge in [-0.3, -0.25) is 4.79 Å². The van der Waals surface area contributed by atoms with Crippen molar-refractivity contribution >= 4 is 11.7 Å². The second-order valence-electron chi connectivity index (χ2n) is 6.70. The molecule has 10 heteroatoms. The smallest absolute Gasteiger partial charge is 0.357 e. The summed E-state index contributed by atoms with van der Waals surface area (Å²) in [6, 6.07) is 4.25. The molecule has 0 spiro atoms. The molecule has 1 aromatic carbocycles. The van der Waals surface area contributed by atoms with Crippen molar-refractivity contribution in [3.05, 3.63) is 58.8 Å². The van der Waals surface area contributed by atoms with E-state index in [4.69, 9.17) is 0 Å². The second kappa shape index (κ2) is 7.92. The van der Waals surface area contributed by atoms with E-state index in [2.05, 4.69) is 15.2 Å². The minimum Gasteiger partial charge on any atom is -0.357 e. The Hall–Kier alpha value is -2.78. The number of halogens is 6. The van der Waals surface area contributed by atoms with E-state index in [1.807, 2.05) is 0 Å². The zero-order valence-electron chi connectivity index (χ0n) is 15.1. The average molecular weight is 417 g/mol. The van der Waals surface area contributed by atoms with Gasteiger partial charge in [0.05, 0.1) is 11.1 Å². The molecule has 1 aromatic heterocycles. The third-order valence-electron chi connectivity index (χ3n) is 4.54. The number of pyridine rings is 1. The molecule has 1 aliphatic heterocycles. The van der Waals surface area contributed by atoms with Crippen LogP contribution in [0, 0.1) is 0 Å². The third kappa shape index (κ3) is 5.18. The fraction of sp³-hybridized carbons (Fsp3) is 0.368. The number of amides is 1. The van der Waals surface area contributed by atoms with Gasteiger partial charge in [0.2, 0.25) is 0 Å². The molecule has 2 aromatic rings. The minimum absolute atomic E-state index is 0.0161. The summed E-state index contributed by atoms with van der Waals surface area (Å²) < 4.78 is 77.4. The Kier molecular flexibility index (Phi) is 5.72. The molecular weight excluding hydrogens is 400 g/mol. The van der Waals surface area contributed by atoms with Crippen LogP contribution in [0.15, 0.2) is 36.5 Å². The highest BCUT2D eigenvalue weighted by atomic mass is 19.4. The summed E-state index contributed by atoms with van der Waals surface area (Å²) in [5.41, 5.74) is -3.21. The lowest BCUT2D eigenvalue weighted by atomic mass is 10.0. The Morgan fingerprint density at radius 1 is 0.966 bits per heavy atom. The van der Waals surface area contributed by atoms with Crippen molar-refractivity contribution in [2.75, 3.05) is 18.0 Å². The summed E-state index contributed by atoms with van der Waals surface area (Å²) in [6.07, 6.45) is -6.34. The molecule has 1 amide bonds. The molecule has 0 saturated carbocycles. The standard InChI is InChI=1S/C19H17F6N3O/c20-18(21,22)14-7-13(8-15(9-14)19(23,24)25)17(29)27-11-12-3-4-16(26-10-12)28-5-1-2-6-28/h3-4,7-10H,1-2,5-6,11H2,(H,27,29). The predicted molar refractivity (Wildman–Crippen MR) is 93.3 cm³/mol. The SMILES string of the molecule is O=C(NCc1ccc(N2CCCC2)nc1)c1cc(C(F)(F)F)cc(C(F)(F)F)c1. The largest absolute Gasteiger partial charge is 0.416 e. The summed E-state index contributed by atoms with van der Waals surface area (Å²) >= 11 is 0. The fourth-order valence-electron chi connectivity index (χ4n) is 3.02. The summed E-state index contributed by atoms with van der Waals surface area (Å²) in [6.45, 7) is 1.73. The number of aromatic nitrogens is 1. The highest BCUT2D eigenvalue weighted by molar-refractivity contribution is 5.94. The van der Waals surface area contributed by atoms with Crippen LogP contribution in [0.1, 0.15) is 39.9 Å². The van der Waals surface area contributed by atoms with E-state index in [-0.39, 0.29) is 12.6 Å². The van der Waals surface area contributed by atoms with E-state index < -0.39 is 35.0 Å². The van der Waals surface area contributed by atoms with E-state index in [1.54, 1.807) is 12.1 Å². The van der Waals surface area contributed by atoms with E-state index >= 15 is 0 Å². The molecule has 1 saturated heterocycles. The van der Waals surface area contributed by atoms with Gasteiger partial charge in [-0.2, -0.15) is 26.3 Å². The number of nitrogens with one attached hydrogen (secondary N) is 1. The van der Waals surface area contributed by atoms with Crippen LogP contribution in [-0.4, -0.2) is 24.0 Å². The van der Waals surface area contributed by atoms with Gasteiger partial charge in [0, 0.05) is 31.4 Å². The first-order valence-electron chi connectivity index (χ1n) is 8.81. The predicted octanol–water partition coefficient (Wildman–Crippen LogP) is 4.65. The second-order valence-corrected chi connectivity index (χ2v) is 6.70. The van der Waals surface area contributed by atoms with E-state index in [9.17, 15) is 31.1 Å². The van der Waals surface area contributed by atoms with Gasteiger partial charge in [0.25, 0.3) is 5.91 Å². The molecule has 0 radical (unpaired) electrons. The lowest BCUT2D eigenvalue weighted by Gasteiger charge is -2.16. The molecule has 2 heterocycles. The first-order chi connectivity index (χ1) is 13.5. The van der Waals surface area contributed by atoms with Crippen LogP contribution in [0.4, 0.5) is 32.2 Å². The third-order valence-corrected chi connectivity index (χ3v) is 4.54. The maximum absolute atomic E-state index is 12.9. The average Bonchev–Trinajstić information content (AvgIpc) is 3.19. The van der Waals surface area contributed by atoms with Crippen LogP contribution in [-0.2, 0) is 18.9 Å². The van der Waals surface area contributed by atoms with Crippen LogP contribution in [0.2, 0.25) is 0 Å². The normalized spacial score (nSPS) is 14.9. The molecule has 0 atom stereocenters. The first-order valence-corrected chi connectivity index (χ1v) is 8.81. The van der Waals surface area contributed by atoms with Crippen LogP contribution < -0.4 is 10.2 Å². The van der Waals surface area contributed by atoms with Gasteiger partial charge in [0.15, 0.2) is 0 Å². The van der Waals surface area contributed by atoms with Crippen LogP contribution in [0.3, 0.4) is 0 Å². The van der Waals surface area contributed by atoms with Crippen molar-refractivity contribution in [2.24, 2.45) is 0 Å². The quantitative estimate of drug-likeness (QED) is 0.737. The van der Waals surface area contributed by atoms with Crippen molar-refractivity contribution < 1.29 is 31.1 Å². The number of rotatable bonds is 4. The van der Waals surface area contributed by atoms with E-state index in [1.165, 1.54) is 6.20 Å². The van der Waals surface area contributed by atoms with Gasteiger partial charge < -0.3 is 10.2 Å². The molecule has 0 aliphatic carbocycles. The molecule has 4 nitrogen and oxygen atoms in total. The summed E-state index contributed by atoms with van der Waals surface area (Å²) in [5, 5.41) is 2.33. The van der Waals surface area contributed by atoms with Crippen molar-refractivity contribution in [3.8, 4) is 0 Å². The van der Waals surface area contributed by atoms with Crippen molar-refractivity contribution in [1.29, 1.82) is 0 Å². The minimum atomic E-state index is -5.01. The van der Waals surface area contributed by atoms with Gasteiger partial charge in [-0.15, -0.1) is 0 Å². The fourth-order valence-corrected chi connectivity index (χ4v) is 3.02. The number of carbonyl (C=O) groups excluding carboxylic acids is 1. The number of hydrogen-bond acceptors (Lipinski definition) is 3. The topological polar surface area (TPSA) is 45.2 Å². The number of hydrogen-bond donors (Lipinski definition) is 1. The molecular formula is C19H17F6N3O. The first kappa shape index (κ1) is 20.9. The summed E-state index contributed by atoms with van der Waals surface area (Å²) in [4.78, 5) is 18.6. The zero-order valence-corrected chi connectivity index (χ0v) is 15.1. The Balaban J connectivity index is 1.73. The van der Waals surface area contributed by atoms with Crippen molar-refractivity contribution in [2.45, 2.75) is 31.7 Å². The molecule has 3 rings (SSSR count). The number of benzene rings is 1. The maximum atomic E-state index is 12.9. The molecule has 0 unspecified atom stereocenters.